The molecule has 1 aliphatic heterocycles. The summed E-state index contributed by atoms with van der Waals surface area (Å²) in [6.07, 6.45) is 1.42. The van der Waals surface area contributed by atoms with Crippen molar-refractivity contribution >= 4 is 40.3 Å². The molecule has 1 aliphatic carbocycles. The Hall–Kier alpha value is -4.16. The Morgan fingerprint density at radius 1 is 1.24 bits per heavy atom. The maximum atomic E-state index is 14.9. The summed E-state index contributed by atoms with van der Waals surface area (Å²) in [5, 5.41) is 0.372. The van der Waals surface area contributed by atoms with Crippen molar-refractivity contribution in [2.45, 2.75) is 38.5 Å². The van der Waals surface area contributed by atoms with Gasteiger partial charge in [0.15, 0.2) is 11.4 Å². The van der Waals surface area contributed by atoms with Crippen molar-refractivity contribution in [1.82, 2.24) is 19.5 Å². The fraction of sp³-hybridized carbons (Fsp3) is 0.321. The number of imidazole rings is 1. The third kappa shape index (κ3) is 5.08. The quantitative estimate of drug-likeness (QED) is 0.311. The molecule has 2 aliphatic rings. The Morgan fingerprint density at radius 2 is 2.05 bits per heavy atom. The monoisotopic (exact) mass is 582 g/mol. The average molecular weight is 583 g/mol. The second-order valence-corrected chi connectivity index (χ2v) is 10.5. The van der Waals surface area contributed by atoms with E-state index in [-0.39, 0.29) is 23.5 Å². The number of primary amides is 1. The molecule has 2 N–H and O–H groups in total. The number of aromatic nitrogens is 4. The molecule has 6 rings (SSSR count). The molecule has 212 valence electrons. The van der Waals surface area contributed by atoms with Crippen molar-refractivity contribution in [3.8, 4) is 16.9 Å². The molecule has 0 unspecified atom stereocenters. The number of anilines is 1. The van der Waals surface area contributed by atoms with Crippen LogP contribution in [-0.2, 0) is 29.0 Å². The van der Waals surface area contributed by atoms with Gasteiger partial charge in [-0.2, -0.15) is 8.78 Å². The van der Waals surface area contributed by atoms with E-state index < -0.39 is 17.9 Å². The van der Waals surface area contributed by atoms with Crippen molar-refractivity contribution in [1.29, 1.82) is 0 Å². The second kappa shape index (κ2) is 10.3. The molecule has 0 saturated heterocycles. The highest BCUT2D eigenvalue weighted by molar-refractivity contribution is 6.30. The van der Waals surface area contributed by atoms with Crippen LogP contribution in [0.4, 0.5) is 14.5 Å². The van der Waals surface area contributed by atoms with E-state index in [1.807, 2.05) is 4.57 Å². The standard InChI is InChI=1S/C28H25ClF2N6O4/c1-40-9-8-36-14-34-24-22(23(25(32)38)19(35-26(24)36)10-15-2-3-15)16-4-7-20-21(11-16)41-28(30,31)27(39)37(20)13-18-6-5-17(29)12-33-18/h4-7,11-12,14-15H,2-3,8-10,13H2,1H3,(H2,32,38). The lowest BCUT2D eigenvalue weighted by Gasteiger charge is -2.33. The number of pyridine rings is 2. The first-order valence-corrected chi connectivity index (χ1v) is 13.3. The number of ether oxygens (including phenoxy) is 2. The fourth-order valence-electron chi connectivity index (χ4n) is 5.00. The topological polar surface area (TPSA) is 125 Å². The van der Waals surface area contributed by atoms with Crippen LogP contribution in [-0.4, -0.2) is 51.2 Å². The summed E-state index contributed by atoms with van der Waals surface area (Å²) in [6.45, 7) is 0.641. The summed E-state index contributed by atoms with van der Waals surface area (Å²) in [6, 6.07) is 7.59. The van der Waals surface area contributed by atoms with Gasteiger partial charge >= 0.3 is 12.0 Å². The Morgan fingerprint density at radius 3 is 2.73 bits per heavy atom. The molecule has 4 aromatic rings. The number of methoxy groups -OCH3 is 1. The number of halogens is 3. The molecule has 1 saturated carbocycles. The number of rotatable bonds is 9. The van der Waals surface area contributed by atoms with Gasteiger partial charge in [-0.25, -0.2) is 9.97 Å². The van der Waals surface area contributed by atoms with E-state index in [0.29, 0.717) is 64.2 Å². The van der Waals surface area contributed by atoms with Gasteiger partial charge < -0.3 is 19.8 Å². The number of carbonyl (C=O) groups is 2. The first-order chi connectivity index (χ1) is 19.7. The zero-order valence-corrected chi connectivity index (χ0v) is 22.7. The van der Waals surface area contributed by atoms with Crippen molar-refractivity contribution in [2.75, 3.05) is 18.6 Å². The first-order valence-electron chi connectivity index (χ1n) is 13.0. The van der Waals surface area contributed by atoms with Crippen LogP contribution in [0.15, 0.2) is 42.9 Å². The number of alkyl halides is 2. The van der Waals surface area contributed by atoms with E-state index in [0.717, 1.165) is 17.7 Å². The van der Waals surface area contributed by atoms with E-state index >= 15 is 0 Å². The average Bonchev–Trinajstić information content (AvgIpc) is 3.67. The lowest BCUT2D eigenvalue weighted by atomic mass is 9.94. The highest BCUT2D eigenvalue weighted by atomic mass is 35.5. The lowest BCUT2D eigenvalue weighted by Crippen LogP contribution is -2.50. The van der Waals surface area contributed by atoms with E-state index in [2.05, 4.69) is 9.97 Å². The van der Waals surface area contributed by atoms with Crippen LogP contribution in [0.25, 0.3) is 22.3 Å². The van der Waals surface area contributed by atoms with Gasteiger partial charge in [0, 0.05) is 25.4 Å². The Bertz CT molecular complexity index is 1670. The zero-order valence-electron chi connectivity index (χ0n) is 21.9. The molecule has 10 nitrogen and oxygen atoms in total. The number of carbonyl (C=O) groups excluding carboxylic acids is 2. The molecule has 3 aromatic heterocycles. The summed E-state index contributed by atoms with van der Waals surface area (Å²) in [7, 11) is 1.58. The number of hydrogen-bond donors (Lipinski definition) is 1. The van der Waals surface area contributed by atoms with Crippen LogP contribution in [0, 0.1) is 5.92 Å². The van der Waals surface area contributed by atoms with Gasteiger partial charge in [0.2, 0.25) is 0 Å². The van der Waals surface area contributed by atoms with Crippen LogP contribution in [0.2, 0.25) is 5.02 Å². The minimum Gasteiger partial charge on any atom is -0.423 e. The minimum absolute atomic E-state index is 0.121. The highest BCUT2D eigenvalue weighted by Crippen LogP contribution is 2.44. The predicted octanol–water partition coefficient (Wildman–Crippen LogP) is 4.36. The molecule has 13 heteroatoms. The van der Waals surface area contributed by atoms with Gasteiger partial charge in [-0.3, -0.25) is 19.5 Å². The first kappa shape index (κ1) is 27.0. The summed E-state index contributed by atoms with van der Waals surface area (Å²) in [5.74, 6) is -2.09. The van der Waals surface area contributed by atoms with E-state index in [1.54, 1.807) is 31.6 Å². The smallest absolute Gasteiger partial charge is 0.423 e. The molecule has 0 atom stereocenters. The molecular formula is C28H25ClF2N6O4. The predicted molar refractivity (Wildman–Crippen MR) is 146 cm³/mol. The number of benzene rings is 1. The maximum Gasteiger partial charge on any atom is 0.482 e. The zero-order chi connectivity index (χ0) is 28.9. The molecular weight excluding hydrogens is 558 g/mol. The molecule has 0 spiro atoms. The van der Waals surface area contributed by atoms with Crippen molar-refractivity contribution in [2.24, 2.45) is 11.7 Å². The van der Waals surface area contributed by atoms with Gasteiger partial charge in [0.25, 0.3) is 5.91 Å². The Kier molecular flexibility index (Phi) is 6.82. The summed E-state index contributed by atoms with van der Waals surface area (Å²) in [4.78, 5) is 39.9. The molecule has 4 heterocycles. The third-order valence-electron chi connectivity index (χ3n) is 7.17. The van der Waals surface area contributed by atoms with E-state index in [9.17, 15) is 18.4 Å². The summed E-state index contributed by atoms with van der Waals surface area (Å²) >= 11 is 5.90. The second-order valence-electron chi connectivity index (χ2n) is 10.1. The van der Waals surface area contributed by atoms with Gasteiger partial charge in [0.05, 0.1) is 47.1 Å². The normalized spacial score (nSPS) is 16.1. The van der Waals surface area contributed by atoms with Crippen molar-refractivity contribution in [3.05, 3.63) is 64.8 Å². The van der Waals surface area contributed by atoms with Gasteiger partial charge in [-0.15, -0.1) is 0 Å². The van der Waals surface area contributed by atoms with Gasteiger partial charge in [0.1, 0.15) is 5.52 Å². The fourth-order valence-corrected chi connectivity index (χ4v) is 5.11. The molecule has 1 aromatic carbocycles. The van der Waals surface area contributed by atoms with Crippen LogP contribution in [0.1, 0.15) is 34.6 Å². The van der Waals surface area contributed by atoms with Gasteiger partial charge in [-0.05, 0) is 55.0 Å². The van der Waals surface area contributed by atoms with Crippen LogP contribution in [0.5, 0.6) is 5.75 Å². The van der Waals surface area contributed by atoms with E-state index in [1.165, 1.54) is 18.3 Å². The van der Waals surface area contributed by atoms with Crippen LogP contribution in [0.3, 0.4) is 0 Å². The summed E-state index contributed by atoms with van der Waals surface area (Å²) in [5.41, 5.74) is 8.72. The molecule has 2 amide bonds. The van der Waals surface area contributed by atoms with E-state index in [4.69, 9.17) is 31.8 Å². The third-order valence-corrected chi connectivity index (χ3v) is 7.39. The lowest BCUT2D eigenvalue weighted by molar-refractivity contribution is -0.193. The molecule has 0 bridgehead atoms. The number of fused-ring (bicyclic) bond motifs is 2. The Balaban J connectivity index is 1.50. The number of hydrogen-bond acceptors (Lipinski definition) is 7. The van der Waals surface area contributed by atoms with Crippen LogP contribution >= 0.6 is 11.6 Å². The molecule has 41 heavy (non-hydrogen) atoms. The molecule has 1 fully saturated rings. The largest absolute Gasteiger partial charge is 0.482 e. The highest BCUT2D eigenvalue weighted by Gasteiger charge is 2.50. The summed E-state index contributed by atoms with van der Waals surface area (Å²) < 4.78 is 41.7. The minimum atomic E-state index is -4.13. The maximum absolute atomic E-state index is 14.9. The number of amides is 2. The number of nitrogens with two attached hydrogens (primary N) is 1. The molecule has 0 radical (unpaired) electrons. The Labute approximate surface area is 238 Å². The van der Waals surface area contributed by atoms with Crippen LogP contribution < -0.4 is 15.4 Å². The SMILES string of the molecule is COCCn1cnc2c(-c3ccc4c(c3)OC(F)(F)C(=O)N4Cc3ccc(Cl)cn3)c(C(N)=O)c(CC3CC3)nc21. The number of nitrogens with zero attached hydrogens (tertiary/aromatic N) is 5. The van der Waals surface area contributed by atoms with Crippen molar-refractivity contribution in [3.63, 3.8) is 0 Å². The van der Waals surface area contributed by atoms with Gasteiger partial charge in [-0.1, -0.05) is 17.7 Å². The van der Waals surface area contributed by atoms with Crippen molar-refractivity contribution < 1.29 is 27.8 Å².